The normalized spacial score (nSPS) is 19.8. The van der Waals surface area contributed by atoms with E-state index in [1.54, 1.807) is 35.2 Å². The van der Waals surface area contributed by atoms with Gasteiger partial charge in [-0.2, -0.15) is 0 Å². The molecule has 0 aromatic heterocycles. The van der Waals surface area contributed by atoms with E-state index < -0.39 is 22.0 Å². The number of nitrogens with zero attached hydrogens (tertiary/aromatic N) is 2. The molecular formula is C26H24N2O4S. The highest BCUT2D eigenvalue weighted by Gasteiger charge is 2.43. The Hall–Kier alpha value is -3.45. The zero-order valence-corrected chi connectivity index (χ0v) is 19.0. The highest BCUT2D eigenvalue weighted by molar-refractivity contribution is 7.91. The second-order valence-electron chi connectivity index (χ2n) is 8.37. The number of benzene rings is 3. The van der Waals surface area contributed by atoms with Crippen LogP contribution in [0.5, 0.6) is 0 Å². The van der Waals surface area contributed by atoms with Crippen molar-refractivity contribution in [2.24, 2.45) is 4.99 Å². The average molecular weight is 461 g/mol. The van der Waals surface area contributed by atoms with Crippen LogP contribution < -0.4 is 0 Å². The summed E-state index contributed by atoms with van der Waals surface area (Å²) in [5.74, 6) is 0.0611. The summed E-state index contributed by atoms with van der Waals surface area (Å²) in [4.78, 5) is 20.0. The van der Waals surface area contributed by atoms with E-state index in [1.807, 2.05) is 55.5 Å². The number of ether oxygens (including phenoxy) is 1. The van der Waals surface area contributed by atoms with Gasteiger partial charge in [0.1, 0.15) is 0 Å². The summed E-state index contributed by atoms with van der Waals surface area (Å²) in [6.45, 7) is 2.42. The van der Waals surface area contributed by atoms with Crippen molar-refractivity contribution in [2.75, 3.05) is 12.3 Å². The fourth-order valence-electron chi connectivity index (χ4n) is 4.26. The lowest BCUT2D eigenvalue weighted by molar-refractivity contribution is -0.133. The number of hydrogen-bond acceptors (Lipinski definition) is 5. The Bertz CT molecular complexity index is 1320. The SMILES string of the molecule is Cc1ccc(C2=N[C@@H]3C(=O)N(CCS(=O)(=O)c4ccccc4)Cc4ccccc4[C@@H]3O2)cc1. The monoisotopic (exact) mass is 460 g/mol. The summed E-state index contributed by atoms with van der Waals surface area (Å²) in [5, 5.41) is 0. The number of aryl methyl sites for hydroxylation is 1. The molecule has 0 unspecified atom stereocenters. The molecule has 1 amide bonds. The second-order valence-corrected chi connectivity index (χ2v) is 10.5. The molecule has 0 fully saturated rings. The minimum absolute atomic E-state index is 0.0863. The smallest absolute Gasteiger partial charge is 0.252 e. The van der Waals surface area contributed by atoms with E-state index in [2.05, 4.69) is 4.99 Å². The maximum absolute atomic E-state index is 13.5. The first-order valence-electron chi connectivity index (χ1n) is 10.9. The summed E-state index contributed by atoms with van der Waals surface area (Å²) in [6.07, 6.45) is -0.527. The largest absolute Gasteiger partial charge is 0.466 e. The van der Waals surface area contributed by atoms with E-state index in [9.17, 15) is 13.2 Å². The number of sulfone groups is 1. The van der Waals surface area contributed by atoms with Gasteiger partial charge in [-0.1, -0.05) is 60.2 Å². The fourth-order valence-corrected chi connectivity index (χ4v) is 5.53. The van der Waals surface area contributed by atoms with Crippen LogP contribution in [-0.2, 0) is 25.9 Å². The average Bonchev–Trinajstić information content (AvgIpc) is 3.24. The Morgan fingerprint density at radius 1 is 0.970 bits per heavy atom. The van der Waals surface area contributed by atoms with Crippen molar-refractivity contribution < 1.29 is 17.9 Å². The van der Waals surface area contributed by atoms with Crippen molar-refractivity contribution in [2.45, 2.75) is 30.5 Å². The Labute approximate surface area is 193 Å². The van der Waals surface area contributed by atoms with Crippen LogP contribution in [0.4, 0.5) is 0 Å². The first-order valence-corrected chi connectivity index (χ1v) is 12.5. The van der Waals surface area contributed by atoms with E-state index in [-0.39, 0.29) is 23.1 Å². The van der Waals surface area contributed by atoms with Crippen LogP contribution in [0.1, 0.15) is 28.4 Å². The summed E-state index contributed by atoms with van der Waals surface area (Å²) in [6, 6.07) is 23.1. The van der Waals surface area contributed by atoms with Gasteiger partial charge in [0.05, 0.1) is 10.6 Å². The molecule has 0 N–H and O–H groups in total. The molecule has 7 heteroatoms. The molecule has 2 aliphatic rings. The van der Waals surface area contributed by atoms with Gasteiger partial charge < -0.3 is 9.64 Å². The number of rotatable bonds is 5. The summed E-state index contributed by atoms with van der Waals surface area (Å²) < 4.78 is 31.8. The number of amides is 1. The van der Waals surface area contributed by atoms with Gasteiger partial charge in [-0.15, -0.1) is 0 Å². The van der Waals surface area contributed by atoms with Crippen LogP contribution in [0.25, 0.3) is 0 Å². The summed E-state index contributed by atoms with van der Waals surface area (Å²) in [7, 11) is -3.51. The van der Waals surface area contributed by atoms with Crippen LogP contribution in [0.3, 0.4) is 0 Å². The third-order valence-electron chi connectivity index (χ3n) is 6.10. The third-order valence-corrected chi connectivity index (χ3v) is 7.81. The van der Waals surface area contributed by atoms with E-state index in [0.717, 1.165) is 22.3 Å². The zero-order chi connectivity index (χ0) is 23.0. The van der Waals surface area contributed by atoms with Crippen molar-refractivity contribution in [3.8, 4) is 0 Å². The third kappa shape index (κ3) is 4.16. The number of carbonyl (C=O) groups excluding carboxylic acids is 1. The Morgan fingerprint density at radius 3 is 2.42 bits per heavy atom. The second kappa shape index (κ2) is 8.48. The molecule has 0 aliphatic carbocycles. The lowest BCUT2D eigenvalue weighted by atomic mass is 9.99. The van der Waals surface area contributed by atoms with Gasteiger partial charge in [-0.05, 0) is 36.8 Å². The number of aliphatic imine (C=N–C) groups is 1. The molecule has 2 atom stereocenters. The molecule has 168 valence electrons. The predicted molar refractivity (Wildman–Crippen MR) is 126 cm³/mol. The van der Waals surface area contributed by atoms with Gasteiger partial charge in [0.25, 0.3) is 5.91 Å². The van der Waals surface area contributed by atoms with Crippen LogP contribution in [0.15, 0.2) is 88.8 Å². The van der Waals surface area contributed by atoms with E-state index >= 15 is 0 Å². The van der Waals surface area contributed by atoms with E-state index in [0.29, 0.717) is 12.4 Å². The van der Waals surface area contributed by atoms with Gasteiger partial charge >= 0.3 is 0 Å². The molecule has 0 saturated carbocycles. The molecule has 3 aromatic carbocycles. The summed E-state index contributed by atoms with van der Waals surface area (Å²) >= 11 is 0. The first-order chi connectivity index (χ1) is 15.9. The van der Waals surface area contributed by atoms with Crippen molar-refractivity contribution in [1.82, 2.24) is 4.90 Å². The van der Waals surface area contributed by atoms with E-state index in [1.165, 1.54) is 0 Å². The maximum Gasteiger partial charge on any atom is 0.252 e. The Kier molecular flexibility index (Phi) is 5.50. The molecule has 2 aliphatic heterocycles. The number of hydrogen-bond donors (Lipinski definition) is 0. The molecule has 0 radical (unpaired) electrons. The van der Waals surface area contributed by atoms with Crippen molar-refractivity contribution in [1.29, 1.82) is 0 Å². The first kappa shape index (κ1) is 21.4. The zero-order valence-electron chi connectivity index (χ0n) is 18.2. The predicted octanol–water partition coefficient (Wildman–Crippen LogP) is 3.70. The van der Waals surface area contributed by atoms with Crippen molar-refractivity contribution >= 4 is 21.6 Å². The van der Waals surface area contributed by atoms with Crippen LogP contribution in [-0.4, -0.2) is 43.5 Å². The highest BCUT2D eigenvalue weighted by atomic mass is 32.2. The maximum atomic E-state index is 13.5. The standard InChI is InChI=1S/C26H24N2O4S/c1-18-11-13-19(14-12-18)25-27-23-24(32-25)22-10-6-5-7-20(22)17-28(26(23)29)15-16-33(30,31)21-8-3-2-4-9-21/h2-14,23-24H,15-17H2,1H3/t23-,24-/m0/s1. The lowest BCUT2D eigenvalue weighted by Crippen LogP contribution is -2.40. The molecular weight excluding hydrogens is 436 g/mol. The molecule has 6 nitrogen and oxygen atoms in total. The topological polar surface area (TPSA) is 76.0 Å². The minimum Gasteiger partial charge on any atom is -0.466 e. The lowest BCUT2D eigenvalue weighted by Gasteiger charge is -2.22. The van der Waals surface area contributed by atoms with Gasteiger partial charge in [-0.3, -0.25) is 4.79 Å². The van der Waals surface area contributed by atoms with Gasteiger partial charge in [0, 0.05) is 24.2 Å². The summed E-state index contributed by atoms with van der Waals surface area (Å²) in [5.41, 5.74) is 3.79. The van der Waals surface area contributed by atoms with E-state index in [4.69, 9.17) is 4.74 Å². The Balaban J connectivity index is 1.45. The number of carbonyl (C=O) groups is 1. The van der Waals surface area contributed by atoms with Crippen LogP contribution in [0.2, 0.25) is 0 Å². The minimum atomic E-state index is -3.51. The number of fused-ring (bicyclic) bond motifs is 3. The van der Waals surface area contributed by atoms with Gasteiger partial charge in [0.2, 0.25) is 5.90 Å². The van der Waals surface area contributed by atoms with Gasteiger partial charge in [-0.25, -0.2) is 13.4 Å². The van der Waals surface area contributed by atoms with Crippen LogP contribution in [0, 0.1) is 6.92 Å². The fraction of sp³-hybridized carbons (Fsp3) is 0.231. The highest BCUT2D eigenvalue weighted by Crippen LogP contribution is 2.37. The van der Waals surface area contributed by atoms with Crippen molar-refractivity contribution in [3.05, 3.63) is 101 Å². The molecule has 0 saturated heterocycles. The molecule has 0 spiro atoms. The Morgan fingerprint density at radius 2 is 1.67 bits per heavy atom. The molecule has 3 aromatic rings. The molecule has 5 rings (SSSR count). The molecule has 0 bridgehead atoms. The quantitative estimate of drug-likeness (QED) is 0.582. The molecule has 33 heavy (non-hydrogen) atoms. The molecule has 2 heterocycles. The van der Waals surface area contributed by atoms with Crippen LogP contribution >= 0.6 is 0 Å². The van der Waals surface area contributed by atoms with Crippen molar-refractivity contribution in [3.63, 3.8) is 0 Å². The van der Waals surface area contributed by atoms with Gasteiger partial charge in [0.15, 0.2) is 22.0 Å².